The van der Waals surface area contributed by atoms with Crippen LogP contribution in [0.5, 0.6) is 0 Å². The highest BCUT2D eigenvalue weighted by Gasteiger charge is 2.31. The number of fused-ring (bicyclic) bond motifs is 14. The van der Waals surface area contributed by atoms with Crippen LogP contribution < -0.4 is 0 Å². The third-order valence-electron chi connectivity index (χ3n) is 15.6. The summed E-state index contributed by atoms with van der Waals surface area (Å²) < 4.78 is 40.4. The van der Waals surface area contributed by atoms with E-state index in [4.69, 9.17) is 0 Å². The average Bonchev–Trinajstić information content (AvgIpc) is 4.25. The quantitative estimate of drug-likeness (QED) is 0.152. The second-order valence-electron chi connectivity index (χ2n) is 20.0. The van der Waals surface area contributed by atoms with Gasteiger partial charge in [0.15, 0.2) is 0 Å². The highest BCUT2D eigenvalue weighted by atomic mass is 19.1. The van der Waals surface area contributed by atoms with E-state index < -0.39 is 0 Å². The molecular formula is C69H46F2N4. The Morgan fingerprint density at radius 2 is 0.653 bits per heavy atom. The first-order valence-electron chi connectivity index (χ1n) is 25.7. The molecule has 0 N–H and O–H groups in total. The highest BCUT2D eigenvalue weighted by molar-refractivity contribution is 6.28. The van der Waals surface area contributed by atoms with Crippen LogP contribution in [0.15, 0.2) is 237 Å². The van der Waals surface area contributed by atoms with Crippen LogP contribution in [-0.2, 0) is 0 Å². The van der Waals surface area contributed by atoms with Crippen LogP contribution in [0, 0.1) is 11.6 Å². The molecule has 0 radical (unpaired) electrons. The maximum absolute atomic E-state index is 15.3. The third-order valence-corrected chi connectivity index (χ3v) is 15.6. The predicted molar refractivity (Wildman–Crippen MR) is 309 cm³/mol. The zero-order valence-electron chi connectivity index (χ0n) is 41.1. The molecule has 11 aromatic carbocycles. The van der Waals surface area contributed by atoms with Crippen molar-refractivity contribution in [2.75, 3.05) is 0 Å². The number of hydrogen-bond donors (Lipinski definition) is 0. The van der Waals surface area contributed by atoms with Gasteiger partial charge >= 0.3 is 0 Å². The lowest BCUT2D eigenvalue weighted by Gasteiger charge is -2.28. The van der Waals surface area contributed by atoms with Gasteiger partial charge in [-0.25, -0.2) is 8.78 Å². The van der Waals surface area contributed by atoms with Crippen LogP contribution in [0.25, 0.3) is 132 Å². The molecule has 15 rings (SSSR count). The Bertz CT molecular complexity index is 4490. The van der Waals surface area contributed by atoms with Crippen molar-refractivity contribution >= 4 is 87.2 Å². The van der Waals surface area contributed by atoms with Crippen molar-refractivity contribution < 1.29 is 8.78 Å². The Labute approximate surface area is 430 Å². The van der Waals surface area contributed by atoms with Gasteiger partial charge in [-0.15, -0.1) is 0 Å². The molecule has 0 saturated carbocycles. The minimum absolute atomic E-state index is 0.100. The molecule has 4 nitrogen and oxygen atoms in total. The summed E-state index contributed by atoms with van der Waals surface area (Å²) in [7, 11) is 0. The zero-order valence-corrected chi connectivity index (χ0v) is 41.1. The second kappa shape index (κ2) is 16.5. The first-order chi connectivity index (χ1) is 36.9. The topological polar surface area (TPSA) is 19.7 Å². The van der Waals surface area contributed by atoms with Gasteiger partial charge in [0, 0.05) is 71.2 Å². The van der Waals surface area contributed by atoms with E-state index in [0.717, 1.165) is 138 Å². The van der Waals surface area contributed by atoms with E-state index in [0.29, 0.717) is 0 Å². The summed E-state index contributed by atoms with van der Waals surface area (Å²) in [6.07, 6.45) is 0. The van der Waals surface area contributed by atoms with Crippen LogP contribution in [-0.4, -0.2) is 18.3 Å². The van der Waals surface area contributed by atoms with Gasteiger partial charge < -0.3 is 18.3 Å². The molecule has 0 aliphatic heterocycles. The SMILES string of the molecule is CC(C)c1c(-n2c3ccccc3c3ccc4c(c5ccccc5n4-c4ccccc4)c32)c(-c2ccc(F)cc2)cc(-c2ccc(F)cc2)c1-n1c2ccccc2c2ccc3c(c4ccccc4n3-c3ccccc3)c21. The molecule has 0 aliphatic rings. The zero-order chi connectivity index (χ0) is 50.1. The van der Waals surface area contributed by atoms with E-state index in [9.17, 15) is 0 Å². The number of halogens is 2. The molecule has 0 aliphatic carbocycles. The van der Waals surface area contributed by atoms with E-state index in [2.05, 4.69) is 220 Å². The van der Waals surface area contributed by atoms with Crippen molar-refractivity contribution in [2.24, 2.45) is 0 Å². The van der Waals surface area contributed by atoms with Crippen molar-refractivity contribution in [3.05, 3.63) is 254 Å². The minimum Gasteiger partial charge on any atom is -0.309 e. The summed E-state index contributed by atoms with van der Waals surface area (Å²) in [6.45, 7) is 4.58. The Balaban J connectivity index is 1.20. The molecule has 15 aromatic rings. The van der Waals surface area contributed by atoms with Gasteiger partial charge in [-0.05, 0) is 108 Å². The normalized spacial score (nSPS) is 12.1. The fourth-order valence-corrected chi connectivity index (χ4v) is 12.6. The lowest BCUT2D eigenvalue weighted by Crippen LogP contribution is -2.12. The summed E-state index contributed by atoms with van der Waals surface area (Å²) in [6, 6.07) is 81.5. The Hall–Kier alpha value is -9.52. The second-order valence-corrected chi connectivity index (χ2v) is 20.0. The lowest BCUT2D eigenvalue weighted by atomic mass is 9.86. The van der Waals surface area contributed by atoms with Crippen LogP contribution in [0.2, 0.25) is 0 Å². The molecule has 356 valence electrons. The van der Waals surface area contributed by atoms with Gasteiger partial charge in [-0.3, -0.25) is 0 Å². The van der Waals surface area contributed by atoms with Crippen LogP contribution in [0.1, 0.15) is 25.3 Å². The van der Waals surface area contributed by atoms with Crippen molar-refractivity contribution in [1.82, 2.24) is 18.3 Å². The number of rotatable bonds is 7. The van der Waals surface area contributed by atoms with Crippen molar-refractivity contribution in [3.8, 4) is 45.0 Å². The fourth-order valence-electron chi connectivity index (χ4n) is 12.6. The number of benzene rings is 11. The molecule has 0 saturated heterocycles. The summed E-state index contributed by atoms with van der Waals surface area (Å²) in [4.78, 5) is 0. The molecule has 4 heterocycles. The van der Waals surface area contributed by atoms with Crippen molar-refractivity contribution in [2.45, 2.75) is 19.8 Å². The van der Waals surface area contributed by atoms with Crippen LogP contribution >= 0.6 is 0 Å². The molecule has 0 spiro atoms. The maximum atomic E-state index is 15.3. The molecule has 0 bridgehead atoms. The first-order valence-corrected chi connectivity index (χ1v) is 25.7. The van der Waals surface area contributed by atoms with Gasteiger partial charge in [0.05, 0.1) is 55.5 Å². The smallest absolute Gasteiger partial charge is 0.123 e. The molecular weight excluding hydrogens is 923 g/mol. The molecule has 6 heteroatoms. The number of aromatic nitrogens is 4. The summed E-state index contributed by atoms with van der Waals surface area (Å²) in [5.41, 5.74) is 17.5. The minimum atomic E-state index is -0.309. The van der Waals surface area contributed by atoms with E-state index in [1.165, 1.54) is 0 Å². The van der Waals surface area contributed by atoms with Crippen molar-refractivity contribution in [1.29, 1.82) is 0 Å². The Kier molecular flexibility index (Phi) is 9.48. The third kappa shape index (κ3) is 6.26. The fraction of sp³-hybridized carbons (Fsp3) is 0.0435. The summed E-state index contributed by atoms with van der Waals surface area (Å²) in [5, 5.41) is 9.07. The van der Waals surface area contributed by atoms with Crippen molar-refractivity contribution in [3.63, 3.8) is 0 Å². The monoisotopic (exact) mass is 968 g/mol. The van der Waals surface area contributed by atoms with E-state index >= 15 is 8.78 Å². The highest BCUT2D eigenvalue weighted by Crippen LogP contribution is 2.51. The van der Waals surface area contributed by atoms with Gasteiger partial charge in [-0.1, -0.05) is 159 Å². The van der Waals surface area contributed by atoms with Gasteiger partial charge in [-0.2, -0.15) is 0 Å². The Morgan fingerprint density at radius 3 is 1.04 bits per heavy atom. The average molecular weight is 969 g/mol. The largest absolute Gasteiger partial charge is 0.309 e. The molecule has 4 aromatic heterocycles. The van der Waals surface area contributed by atoms with E-state index in [-0.39, 0.29) is 17.6 Å². The number of hydrogen-bond acceptors (Lipinski definition) is 0. The summed E-state index contributed by atoms with van der Waals surface area (Å²) >= 11 is 0. The standard InChI is InChI=1S/C69H46F2N4/c1-42(2)63-68(74-57-25-13-9-21-49(57)51-37-39-61-64(66(51)74)53-23-11-15-27-59(53)72(61)47-17-5-3-6-18-47)55(43-29-33-45(70)34-30-43)41-56(44-31-35-46(71)36-32-44)69(63)75-58-26-14-10-22-50(58)52-38-40-62-65(67(52)75)54-24-12-16-28-60(54)73(62)48-19-7-4-8-20-48/h3-42H,1-2H3. The van der Waals surface area contributed by atoms with E-state index in [1.54, 1.807) is 24.3 Å². The molecule has 0 unspecified atom stereocenters. The van der Waals surface area contributed by atoms with Gasteiger partial charge in [0.2, 0.25) is 0 Å². The molecule has 0 atom stereocenters. The number of para-hydroxylation sites is 6. The van der Waals surface area contributed by atoms with Crippen LogP contribution in [0.3, 0.4) is 0 Å². The Morgan fingerprint density at radius 1 is 0.307 bits per heavy atom. The van der Waals surface area contributed by atoms with E-state index in [1.807, 2.05) is 24.3 Å². The predicted octanol–water partition coefficient (Wildman–Crippen LogP) is 18.8. The first kappa shape index (κ1) is 43.1. The van der Waals surface area contributed by atoms with Gasteiger partial charge in [0.25, 0.3) is 0 Å². The molecule has 0 fully saturated rings. The van der Waals surface area contributed by atoms with Gasteiger partial charge in [0.1, 0.15) is 11.6 Å². The molecule has 0 amide bonds. The maximum Gasteiger partial charge on any atom is 0.123 e. The lowest BCUT2D eigenvalue weighted by molar-refractivity contribution is 0.627. The summed E-state index contributed by atoms with van der Waals surface area (Å²) in [5.74, 6) is -0.719. The number of nitrogens with zero attached hydrogens (tertiary/aromatic N) is 4. The molecule has 75 heavy (non-hydrogen) atoms. The van der Waals surface area contributed by atoms with Crippen LogP contribution in [0.4, 0.5) is 8.78 Å².